The van der Waals surface area contributed by atoms with Crippen molar-refractivity contribution in [3.8, 4) is 0 Å². The number of hydrogen-bond donors (Lipinski definition) is 1. The Kier molecular flexibility index (Phi) is 4.51. The smallest absolute Gasteiger partial charge is 0.312 e. The maximum Gasteiger partial charge on any atom is 0.312 e. The fraction of sp³-hybridized carbons (Fsp3) is 0.692. The highest BCUT2D eigenvalue weighted by molar-refractivity contribution is 5.76. The van der Waals surface area contributed by atoms with Crippen LogP contribution in [0.5, 0.6) is 0 Å². The Morgan fingerprint density at radius 2 is 2.11 bits per heavy atom. The van der Waals surface area contributed by atoms with Gasteiger partial charge in [0.1, 0.15) is 5.76 Å². The Bertz CT molecular complexity index is 404. The van der Waals surface area contributed by atoms with Crippen molar-refractivity contribution in [3.63, 3.8) is 0 Å². The summed E-state index contributed by atoms with van der Waals surface area (Å²) in [7, 11) is 1.40. The molecule has 0 aromatic carbocycles. The molecule has 0 saturated carbocycles. The fourth-order valence-electron chi connectivity index (χ4n) is 1.97. The van der Waals surface area contributed by atoms with Crippen LogP contribution in [0.4, 0.5) is 0 Å². The Morgan fingerprint density at radius 1 is 1.50 bits per heavy atom. The molecule has 0 aliphatic heterocycles. The predicted octanol–water partition coefficient (Wildman–Crippen LogP) is 2.14. The Morgan fingerprint density at radius 3 is 2.56 bits per heavy atom. The lowest BCUT2D eigenvalue weighted by Crippen LogP contribution is -2.38. The van der Waals surface area contributed by atoms with Gasteiger partial charge in [-0.1, -0.05) is 5.16 Å². The maximum atomic E-state index is 11.6. The highest BCUT2D eigenvalue weighted by Gasteiger charge is 2.29. The van der Waals surface area contributed by atoms with Gasteiger partial charge in [-0.15, -0.1) is 0 Å². The molecule has 102 valence electrons. The maximum absolute atomic E-state index is 11.6. The van der Waals surface area contributed by atoms with Gasteiger partial charge in [0.15, 0.2) is 0 Å². The number of carbonyl (C=O) groups excluding carboxylic acids is 1. The summed E-state index contributed by atoms with van der Waals surface area (Å²) in [6.45, 7) is 10.1. The Hall–Kier alpha value is -1.36. The summed E-state index contributed by atoms with van der Waals surface area (Å²) < 4.78 is 9.91. The van der Waals surface area contributed by atoms with E-state index in [1.54, 1.807) is 0 Å². The summed E-state index contributed by atoms with van der Waals surface area (Å²) in [4.78, 5) is 11.6. The Balaban J connectivity index is 2.67. The monoisotopic (exact) mass is 254 g/mol. The third kappa shape index (κ3) is 3.10. The SMILES string of the molecule is COC(=O)C(C)(C)CNC(C)c1c(C)noc1C. The van der Waals surface area contributed by atoms with Gasteiger partial charge in [0.2, 0.25) is 0 Å². The zero-order chi connectivity index (χ0) is 13.9. The first-order chi connectivity index (χ1) is 8.29. The van der Waals surface area contributed by atoms with E-state index in [9.17, 15) is 4.79 Å². The average Bonchev–Trinajstić information content (AvgIpc) is 2.65. The number of methoxy groups -OCH3 is 1. The van der Waals surface area contributed by atoms with Gasteiger partial charge in [-0.3, -0.25) is 4.79 Å². The van der Waals surface area contributed by atoms with Crippen LogP contribution in [-0.4, -0.2) is 24.8 Å². The van der Waals surface area contributed by atoms with Gasteiger partial charge in [0.05, 0.1) is 18.2 Å². The third-order valence-corrected chi connectivity index (χ3v) is 3.11. The number of rotatable bonds is 5. The zero-order valence-electron chi connectivity index (χ0n) is 12.0. The van der Waals surface area contributed by atoms with Gasteiger partial charge in [-0.05, 0) is 34.6 Å². The van der Waals surface area contributed by atoms with Crippen molar-refractivity contribution in [2.75, 3.05) is 13.7 Å². The van der Waals surface area contributed by atoms with E-state index < -0.39 is 5.41 Å². The summed E-state index contributed by atoms with van der Waals surface area (Å²) >= 11 is 0. The normalized spacial score (nSPS) is 13.4. The molecule has 0 aliphatic rings. The van der Waals surface area contributed by atoms with Crippen LogP contribution in [0, 0.1) is 19.3 Å². The molecule has 1 N–H and O–H groups in total. The van der Waals surface area contributed by atoms with E-state index in [0.29, 0.717) is 6.54 Å². The number of esters is 1. The first-order valence-corrected chi connectivity index (χ1v) is 6.04. The summed E-state index contributed by atoms with van der Waals surface area (Å²) in [6.07, 6.45) is 0. The molecule has 18 heavy (non-hydrogen) atoms. The summed E-state index contributed by atoms with van der Waals surface area (Å²) in [5, 5.41) is 7.25. The van der Waals surface area contributed by atoms with E-state index in [0.717, 1.165) is 17.0 Å². The minimum atomic E-state index is -0.554. The highest BCUT2D eigenvalue weighted by Crippen LogP contribution is 2.23. The van der Waals surface area contributed by atoms with Crippen molar-refractivity contribution in [3.05, 3.63) is 17.0 Å². The lowest BCUT2D eigenvalue weighted by Gasteiger charge is -2.24. The van der Waals surface area contributed by atoms with Crippen LogP contribution in [0.2, 0.25) is 0 Å². The number of nitrogens with zero attached hydrogens (tertiary/aromatic N) is 1. The number of hydrogen-bond acceptors (Lipinski definition) is 5. The van der Waals surface area contributed by atoms with Crippen molar-refractivity contribution in [2.24, 2.45) is 5.41 Å². The van der Waals surface area contributed by atoms with E-state index in [1.807, 2.05) is 34.6 Å². The van der Waals surface area contributed by atoms with Crippen LogP contribution in [-0.2, 0) is 9.53 Å². The molecule has 1 atom stereocenters. The van der Waals surface area contributed by atoms with E-state index in [-0.39, 0.29) is 12.0 Å². The Labute approximate surface area is 108 Å². The van der Waals surface area contributed by atoms with Crippen LogP contribution in [0.15, 0.2) is 4.52 Å². The number of nitrogens with one attached hydrogen (secondary N) is 1. The van der Waals surface area contributed by atoms with Gasteiger partial charge in [-0.25, -0.2) is 0 Å². The molecule has 1 aromatic heterocycles. The fourth-order valence-corrected chi connectivity index (χ4v) is 1.97. The molecule has 5 nitrogen and oxygen atoms in total. The van der Waals surface area contributed by atoms with Crippen LogP contribution in [0.1, 0.15) is 43.8 Å². The largest absolute Gasteiger partial charge is 0.469 e. The van der Waals surface area contributed by atoms with Gasteiger partial charge in [0, 0.05) is 18.2 Å². The van der Waals surface area contributed by atoms with Crippen LogP contribution in [0.3, 0.4) is 0 Å². The van der Waals surface area contributed by atoms with Crippen molar-refractivity contribution in [1.82, 2.24) is 10.5 Å². The van der Waals surface area contributed by atoms with Crippen molar-refractivity contribution >= 4 is 5.97 Å². The molecular weight excluding hydrogens is 232 g/mol. The van der Waals surface area contributed by atoms with Gasteiger partial charge in [-0.2, -0.15) is 0 Å². The molecule has 5 heteroatoms. The van der Waals surface area contributed by atoms with Crippen molar-refractivity contribution in [1.29, 1.82) is 0 Å². The van der Waals surface area contributed by atoms with Crippen LogP contribution in [0.25, 0.3) is 0 Å². The zero-order valence-corrected chi connectivity index (χ0v) is 12.0. The second-order valence-electron chi connectivity index (χ2n) is 5.22. The minimum absolute atomic E-state index is 0.0835. The topological polar surface area (TPSA) is 64.4 Å². The molecule has 0 bridgehead atoms. The average molecular weight is 254 g/mol. The van der Waals surface area contributed by atoms with Crippen LogP contribution >= 0.6 is 0 Å². The standard InChI is InChI=1S/C13H22N2O3/c1-8(11-9(2)15-18-10(11)3)14-7-13(4,5)12(16)17-6/h8,14H,7H2,1-6H3. The van der Waals surface area contributed by atoms with E-state index >= 15 is 0 Å². The molecule has 0 aliphatic carbocycles. The van der Waals surface area contributed by atoms with E-state index in [1.165, 1.54) is 7.11 Å². The number of aromatic nitrogens is 1. The van der Waals surface area contributed by atoms with E-state index in [4.69, 9.17) is 9.26 Å². The first kappa shape index (κ1) is 14.7. The first-order valence-electron chi connectivity index (χ1n) is 6.04. The quantitative estimate of drug-likeness (QED) is 0.816. The summed E-state index contributed by atoms with van der Waals surface area (Å²) in [6, 6.07) is 0.0835. The summed E-state index contributed by atoms with van der Waals surface area (Å²) in [5.41, 5.74) is 1.38. The number of ether oxygens (including phenoxy) is 1. The lowest BCUT2D eigenvalue weighted by molar-refractivity contribution is -0.150. The second-order valence-corrected chi connectivity index (χ2v) is 5.22. The molecule has 0 saturated heterocycles. The summed E-state index contributed by atoms with van der Waals surface area (Å²) in [5.74, 6) is 0.587. The molecule has 1 heterocycles. The van der Waals surface area contributed by atoms with Gasteiger partial charge < -0.3 is 14.6 Å². The molecular formula is C13H22N2O3. The van der Waals surface area contributed by atoms with Gasteiger partial charge in [0.25, 0.3) is 0 Å². The van der Waals surface area contributed by atoms with Crippen LogP contribution < -0.4 is 5.32 Å². The molecule has 1 aromatic rings. The molecule has 1 rings (SSSR count). The molecule has 0 fully saturated rings. The predicted molar refractivity (Wildman–Crippen MR) is 68.2 cm³/mol. The lowest BCUT2D eigenvalue weighted by atomic mass is 9.93. The van der Waals surface area contributed by atoms with E-state index in [2.05, 4.69) is 10.5 Å². The molecule has 0 amide bonds. The second kappa shape index (κ2) is 5.52. The highest BCUT2D eigenvalue weighted by atomic mass is 16.5. The molecule has 1 unspecified atom stereocenters. The minimum Gasteiger partial charge on any atom is -0.469 e. The number of aryl methyl sites for hydroxylation is 2. The third-order valence-electron chi connectivity index (χ3n) is 3.11. The van der Waals surface area contributed by atoms with Crippen molar-refractivity contribution < 1.29 is 14.1 Å². The van der Waals surface area contributed by atoms with Gasteiger partial charge >= 0.3 is 5.97 Å². The molecule has 0 spiro atoms. The molecule has 0 radical (unpaired) electrons. The van der Waals surface area contributed by atoms with Crippen molar-refractivity contribution in [2.45, 2.75) is 40.7 Å². The number of carbonyl (C=O) groups is 1.